The Morgan fingerprint density at radius 1 is 0.654 bits per heavy atom. The number of hydrogen-bond acceptors (Lipinski definition) is 2. The van der Waals surface area contributed by atoms with E-state index >= 15 is 0 Å². The molecule has 0 spiro atoms. The van der Waals surface area contributed by atoms with Crippen LogP contribution in [-0.2, 0) is 10.0 Å². The zero-order valence-corrected chi connectivity index (χ0v) is 15.6. The maximum Gasteiger partial charge on any atom is 0.244 e. The first-order valence-corrected chi connectivity index (χ1v) is 10.1. The molecule has 3 aromatic rings. The highest BCUT2D eigenvalue weighted by molar-refractivity contribution is 7.89. The second-order valence-corrected chi connectivity index (χ2v) is 8.70. The topological polar surface area (TPSA) is 37.1 Å². The number of rotatable bonds is 4. The van der Waals surface area contributed by atoms with Crippen LogP contribution in [0.2, 0.25) is 0 Å². The molecule has 0 radical (unpaired) electrons. The van der Waals surface area contributed by atoms with E-state index in [1.54, 1.807) is 16.4 Å². The number of nitrogens with zero attached hydrogens (tertiary/aromatic N) is 1. The lowest BCUT2D eigenvalue weighted by Crippen LogP contribution is -2.13. The Balaban J connectivity index is 1.76. The highest BCUT2D eigenvalue weighted by atomic mass is 32.2. The summed E-state index contributed by atoms with van der Waals surface area (Å²) >= 11 is 0. The smallest absolute Gasteiger partial charge is 0.207 e. The predicted octanol–water partition coefficient (Wildman–Crippen LogP) is 4.79. The van der Waals surface area contributed by atoms with Crippen molar-refractivity contribution in [1.82, 2.24) is 4.31 Å². The molecule has 0 aromatic heterocycles. The molecule has 3 aromatic carbocycles. The third-order valence-electron chi connectivity index (χ3n) is 4.91. The number of aryl methyl sites for hydroxylation is 2. The lowest BCUT2D eigenvalue weighted by Gasteiger charge is -2.08. The van der Waals surface area contributed by atoms with Crippen LogP contribution in [0.5, 0.6) is 0 Å². The van der Waals surface area contributed by atoms with Gasteiger partial charge < -0.3 is 0 Å². The van der Waals surface area contributed by atoms with Crippen LogP contribution in [0.1, 0.15) is 34.3 Å². The Hall–Kier alpha value is -2.43. The van der Waals surface area contributed by atoms with Gasteiger partial charge in [-0.25, -0.2) is 8.42 Å². The molecule has 1 fully saturated rings. The fraction of sp³-hybridized carbons (Fsp3) is 0.182. The van der Waals surface area contributed by atoms with Crippen molar-refractivity contribution in [2.45, 2.75) is 30.8 Å². The second-order valence-electron chi connectivity index (χ2n) is 6.86. The lowest BCUT2D eigenvalue weighted by atomic mass is 10.0. The summed E-state index contributed by atoms with van der Waals surface area (Å²) in [6.45, 7) is 3.99. The van der Waals surface area contributed by atoms with Gasteiger partial charge >= 0.3 is 0 Å². The number of benzene rings is 3. The van der Waals surface area contributed by atoms with Gasteiger partial charge in [-0.2, -0.15) is 4.31 Å². The van der Waals surface area contributed by atoms with E-state index in [1.807, 2.05) is 80.6 Å². The SMILES string of the molecule is Cc1ccc([C@@H]2[C@@H](c3ccccc3)N2S(=O)(=O)c2ccc(C)cc2)cc1. The third kappa shape index (κ3) is 2.96. The summed E-state index contributed by atoms with van der Waals surface area (Å²) in [7, 11) is -3.55. The highest BCUT2D eigenvalue weighted by Gasteiger charge is 2.56. The number of sulfonamides is 1. The molecule has 1 heterocycles. The first-order valence-electron chi connectivity index (χ1n) is 8.70. The van der Waals surface area contributed by atoms with Gasteiger partial charge in [0, 0.05) is 0 Å². The largest absolute Gasteiger partial charge is 0.244 e. The molecule has 132 valence electrons. The van der Waals surface area contributed by atoms with E-state index in [-0.39, 0.29) is 12.1 Å². The fourth-order valence-corrected chi connectivity index (χ4v) is 5.16. The van der Waals surface area contributed by atoms with Gasteiger partial charge in [0.25, 0.3) is 0 Å². The Morgan fingerprint density at radius 2 is 1.12 bits per heavy atom. The molecule has 4 rings (SSSR count). The molecule has 3 atom stereocenters. The van der Waals surface area contributed by atoms with Crippen LogP contribution in [0.15, 0.2) is 83.8 Å². The normalized spacial score (nSPS) is 22.2. The molecule has 0 saturated carbocycles. The standard InChI is InChI=1S/C22H21NO2S/c1-16-8-12-19(13-9-16)22-21(18-6-4-3-5-7-18)23(22)26(24,25)20-14-10-17(2)11-15-20/h3-15,21-22H,1-2H3/t21-,22-,23?/m1/s1. The van der Waals surface area contributed by atoms with Crippen LogP contribution in [0.4, 0.5) is 0 Å². The van der Waals surface area contributed by atoms with Crippen LogP contribution in [-0.4, -0.2) is 12.7 Å². The Labute approximate surface area is 155 Å². The van der Waals surface area contributed by atoms with Crippen molar-refractivity contribution in [3.63, 3.8) is 0 Å². The van der Waals surface area contributed by atoms with Crippen LogP contribution < -0.4 is 0 Å². The molecule has 4 heteroatoms. The Kier molecular flexibility index (Phi) is 4.17. The summed E-state index contributed by atoms with van der Waals surface area (Å²) in [4.78, 5) is 0.346. The van der Waals surface area contributed by atoms with E-state index in [1.165, 1.54) is 5.56 Å². The van der Waals surface area contributed by atoms with Gasteiger partial charge in [0.2, 0.25) is 10.0 Å². The van der Waals surface area contributed by atoms with Crippen molar-refractivity contribution in [2.75, 3.05) is 0 Å². The maximum absolute atomic E-state index is 13.3. The van der Waals surface area contributed by atoms with Gasteiger partial charge in [0.15, 0.2) is 0 Å². The van der Waals surface area contributed by atoms with E-state index in [2.05, 4.69) is 0 Å². The monoisotopic (exact) mass is 363 g/mol. The quantitative estimate of drug-likeness (QED) is 0.625. The maximum atomic E-state index is 13.3. The van der Waals surface area contributed by atoms with Gasteiger partial charge in [0.05, 0.1) is 17.0 Å². The van der Waals surface area contributed by atoms with Crippen LogP contribution in [0, 0.1) is 13.8 Å². The van der Waals surface area contributed by atoms with Crippen molar-refractivity contribution in [2.24, 2.45) is 0 Å². The minimum atomic E-state index is -3.55. The summed E-state index contributed by atoms with van der Waals surface area (Å²) in [5, 5.41) is 0. The Morgan fingerprint density at radius 3 is 1.65 bits per heavy atom. The van der Waals surface area contributed by atoms with Gasteiger partial charge in [0.1, 0.15) is 0 Å². The molecule has 0 aliphatic carbocycles. The molecule has 0 bridgehead atoms. The number of hydrogen-bond donors (Lipinski definition) is 0. The van der Waals surface area contributed by atoms with Gasteiger partial charge in [-0.3, -0.25) is 0 Å². The van der Waals surface area contributed by atoms with Gasteiger partial charge in [-0.1, -0.05) is 77.9 Å². The summed E-state index contributed by atoms with van der Waals surface area (Å²) < 4.78 is 28.2. The minimum Gasteiger partial charge on any atom is -0.207 e. The first-order chi connectivity index (χ1) is 12.5. The van der Waals surface area contributed by atoms with Gasteiger partial charge in [-0.05, 0) is 37.1 Å². The van der Waals surface area contributed by atoms with Crippen molar-refractivity contribution < 1.29 is 8.42 Å². The second kappa shape index (κ2) is 6.38. The summed E-state index contributed by atoms with van der Waals surface area (Å²) in [6, 6.07) is 24.7. The molecular formula is C22H21NO2S. The first kappa shape index (κ1) is 17.0. The third-order valence-corrected chi connectivity index (χ3v) is 6.79. The predicted molar refractivity (Wildman–Crippen MR) is 103 cm³/mol. The summed E-state index contributed by atoms with van der Waals surface area (Å²) in [6.07, 6.45) is 0. The fourth-order valence-electron chi connectivity index (χ4n) is 3.41. The molecule has 1 aliphatic rings. The molecule has 3 nitrogen and oxygen atoms in total. The van der Waals surface area contributed by atoms with Crippen LogP contribution in [0.25, 0.3) is 0 Å². The van der Waals surface area contributed by atoms with E-state index in [9.17, 15) is 8.42 Å². The van der Waals surface area contributed by atoms with Crippen molar-refractivity contribution in [3.8, 4) is 0 Å². The molecule has 1 unspecified atom stereocenters. The molecule has 1 aliphatic heterocycles. The van der Waals surface area contributed by atoms with Gasteiger partial charge in [-0.15, -0.1) is 0 Å². The molecule has 1 saturated heterocycles. The average Bonchev–Trinajstić information content (AvgIpc) is 3.40. The van der Waals surface area contributed by atoms with Crippen molar-refractivity contribution in [3.05, 3.63) is 101 Å². The average molecular weight is 363 g/mol. The zero-order valence-electron chi connectivity index (χ0n) is 14.8. The lowest BCUT2D eigenvalue weighted by molar-refractivity contribution is 0.547. The van der Waals surface area contributed by atoms with E-state index in [0.717, 1.165) is 16.7 Å². The van der Waals surface area contributed by atoms with Crippen molar-refractivity contribution in [1.29, 1.82) is 0 Å². The summed E-state index contributed by atoms with van der Waals surface area (Å²) in [5.74, 6) is 0. The van der Waals surface area contributed by atoms with E-state index in [0.29, 0.717) is 4.90 Å². The zero-order chi connectivity index (χ0) is 18.3. The van der Waals surface area contributed by atoms with Crippen LogP contribution >= 0.6 is 0 Å². The molecule has 26 heavy (non-hydrogen) atoms. The Bertz CT molecular complexity index is 1010. The highest BCUT2D eigenvalue weighted by Crippen LogP contribution is 2.57. The molecular weight excluding hydrogens is 342 g/mol. The summed E-state index contributed by atoms with van der Waals surface area (Å²) in [5.41, 5.74) is 4.26. The van der Waals surface area contributed by atoms with Crippen LogP contribution in [0.3, 0.4) is 0 Å². The molecule has 0 N–H and O–H groups in total. The van der Waals surface area contributed by atoms with Crippen molar-refractivity contribution >= 4 is 10.0 Å². The molecule has 0 amide bonds. The minimum absolute atomic E-state index is 0.162. The van der Waals surface area contributed by atoms with E-state index < -0.39 is 10.0 Å². The van der Waals surface area contributed by atoms with E-state index in [4.69, 9.17) is 0 Å².